The molecular weight excluding hydrogens is 1050 g/mol. The number of thiophene rings is 2. The molecule has 0 N–H and O–H groups in total. The molecule has 1 aliphatic carbocycles. The zero-order chi connectivity index (χ0) is 55.8. The van der Waals surface area contributed by atoms with E-state index in [0.717, 1.165) is 10.4 Å². The Morgan fingerprint density at radius 2 is 0.643 bits per heavy atom. The maximum Gasteiger partial charge on any atom is 0.0355 e. The van der Waals surface area contributed by atoms with Gasteiger partial charge in [0.2, 0.25) is 0 Å². The fourth-order valence-electron chi connectivity index (χ4n) is 13.2. The number of fused-ring (bicyclic) bond motifs is 7. The van der Waals surface area contributed by atoms with Crippen molar-refractivity contribution in [1.29, 1.82) is 0 Å². The van der Waals surface area contributed by atoms with Crippen LogP contribution in [0.3, 0.4) is 0 Å². The Morgan fingerprint density at radius 3 is 1.19 bits per heavy atom. The molecule has 2 heterocycles. The van der Waals surface area contributed by atoms with Crippen molar-refractivity contribution in [2.45, 2.75) is 0 Å². The van der Waals surface area contributed by atoms with Gasteiger partial charge in [-0.05, 0) is 212 Å². The van der Waals surface area contributed by atoms with Gasteiger partial charge in [-0.3, -0.25) is 0 Å². The minimum Gasteiger partial charge on any atom is -0.135 e. The lowest BCUT2D eigenvalue weighted by atomic mass is 9.81. The highest BCUT2D eigenvalue weighted by Crippen LogP contribution is 2.58. The smallest absolute Gasteiger partial charge is 0.0355 e. The van der Waals surface area contributed by atoms with E-state index in [1.165, 1.54) is 163 Å². The largest absolute Gasteiger partial charge is 0.135 e. The standard InChI is InChI=1S/C82H52S2/c1-3-67-73-48-63(38-40-77(73)83-75(67)4-2)59-28-12-24-55(44-59)53-22-10-26-57(42-53)61-30-14-32-65(46-61)72-50-71(51-18-6-5-7-19-51)80(82-70-36-17-21-52-20-16-35-69(79(52)70)81(72)82)66-33-15-31-62(47-66)58-27-11-23-54(43-58)56-25-13-29-60(45-56)64-39-41-78-74(49-64)68-34-8-9-37-76(68)84-78/h3-50H,1-2H2. The van der Waals surface area contributed by atoms with E-state index < -0.39 is 0 Å². The normalized spacial score (nSPS) is 11.7. The molecule has 0 nitrogen and oxygen atoms in total. The second kappa shape index (κ2) is 20.3. The van der Waals surface area contributed by atoms with Crippen molar-refractivity contribution in [3.8, 4) is 122 Å². The summed E-state index contributed by atoms with van der Waals surface area (Å²) in [4.78, 5) is 1.16. The van der Waals surface area contributed by atoms with Crippen LogP contribution in [0.2, 0.25) is 0 Å². The Bertz CT molecular complexity index is 5170. The van der Waals surface area contributed by atoms with Crippen LogP contribution in [0, 0.1) is 0 Å². The molecule has 0 amide bonds. The van der Waals surface area contributed by atoms with Gasteiger partial charge in [0.25, 0.3) is 0 Å². The SMILES string of the molecule is C=Cc1sc2ccc(-c3cccc(-c4cccc(-c5cccc(-c6cc(-c7ccccc7)c(-c7cccc(-c8cccc(-c9cccc(-c%10ccc%11sc%12ccccc%12c%11c%10)c9)c8)c7)c7c6-c6cccc8cccc-7c68)c5)c4)c3)cc2c1C=C. The summed E-state index contributed by atoms with van der Waals surface area (Å²) >= 11 is 3.63. The molecular formula is C82H52S2. The average Bonchev–Trinajstić information content (AvgIpc) is 2.84. The first kappa shape index (κ1) is 49.6. The van der Waals surface area contributed by atoms with Crippen LogP contribution in [0.1, 0.15) is 10.4 Å². The molecule has 0 atom stereocenters. The summed E-state index contributed by atoms with van der Waals surface area (Å²) in [6.07, 6.45) is 3.89. The van der Waals surface area contributed by atoms with Crippen LogP contribution in [0.4, 0.5) is 0 Å². The molecule has 0 saturated heterocycles. The lowest BCUT2D eigenvalue weighted by Gasteiger charge is -2.21. The number of hydrogen-bond donors (Lipinski definition) is 0. The third-order valence-corrected chi connectivity index (χ3v) is 19.5. The lowest BCUT2D eigenvalue weighted by Crippen LogP contribution is -1.95. The molecule has 0 aliphatic heterocycles. The van der Waals surface area contributed by atoms with Crippen molar-refractivity contribution < 1.29 is 0 Å². The van der Waals surface area contributed by atoms with Gasteiger partial charge in [0, 0.05) is 35.1 Å². The number of rotatable bonds is 11. The molecule has 0 unspecified atom stereocenters. The molecule has 16 rings (SSSR count). The van der Waals surface area contributed by atoms with Gasteiger partial charge in [-0.1, -0.05) is 232 Å². The molecule has 13 aromatic carbocycles. The van der Waals surface area contributed by atoms with E-state index in [9.17, 15) is 0 Å². The highest BCUT2D eigenvalue weighted by molar-refractivity contribution is 7.25. The Hall–Kier alpha value is -10.2. The summed E-state index contributed by atoms with van der Waals surface area (Å²) in [6, 6.07) is 104. The topological polar surface area (TPSA) is 0 Å². The molecule has 0 fully saturated rings. The third-order valence-electron chi connectivity index (χ3n) is 17.2. The second-order valence-corrected chi connectivity index (χ2v) is 24.1. The van der Waals surface area contributed by atoms with Crippen LogP contribution in [0.5, 0.6) is 0 Å². The fourth-order valence-corrected chi connectivity index (χ4v) is 15.3. The molecule has 1 aliphatic rings. The van der Waals surface area contributed by atoms with E-state index in [0.29, 0.717) is 0 Å². The van der Waals surface area contributed by atoms with Gasteiger partial charge in [0.05, 0.1) is 0 Å². The van der Waals surface area contributed by atoms with E-state index in [2.05, 4.69) is 292 Å². The van der Waals surface area contributed by atoms with Gasteiger partial charge in [-0.15, -0.1) is 22.7 Å². The monoisotopic (exact) mass is 1100 g/mol. The first-order valence-electron chi connectivity index (χ1n) is 28.7. The summed E-state index contributed by atoms with van der Waals surface area (Å²) in [6.45, 7) is 8.19. The average molecular weight is 1100 g/mol. The third kappa shape index (κ3) is 8.41. The van der Waals surface area contributed by atoms with Gasteiger partial charge >= 0.3 is 0 Å². The lowest BCUT2D eigenvalue weighted by molar-refractivity contribution is 1.54. The van der Waals surface area contributed by atoms with Crippen LogP contribution in [0.25, 0.3) is 176 Å². The predicted octanol–water partition coefficient (Wildman–Crippen LogP) is 24.4. The van der Waals surface area contributed by atoms with Crippen LogP contribution in [-0.4, -0.2) is 0 Å². The Balaban J connectivity index is 0.797. The van der Waals surface area contributed by atoms with Gasteiger partial charge in [0.15, 0.2) is 0 Å². The van der Waals surface area contributed by atoms with Crippen LogP contribution in [0.15, 0.2) is 292 Å². The Labute approximate surface area is 497 Å². The molecule has 2 heteroatoms. The Kier molecular flexibility index (Phi) is 12.0. The quantitative estimate of drug-likeness (QED) is 0.121. The molecule has 0 spiro atoms. The zero-order valence-electron chi connectivity index (χ0n) is 45.9. The molecule has 2 aromatic heterocycles. The van der Waals surface area contributed by atoms with E-state index >= 15 is 0 Å². The summed E-state index contributed by atoms with van der Waals surface area (Å²) < 4.78 is 3.89. The van der Waals surface area contributed by atoms with E-state index in [4.69, 9.17) is 0 Å². The summed E-state index contributed by atoms with van der Waals surface area (Å²) in [7, 11) is 0. The van der Waals surface area contributed by atoms with Gasteiger partial charge in [0.1, 0.15) is 0 Å². The van der Waals surface area contributed by atoms with E-state index in [-0.39, 0.29) is 0 Å². The first-order valence-corrected chi connectivity index (χ1v) is 30.3. The van der Waals surface area contributed by atoms with E-state index in [1.54, 1.807) is 11.3 Å². The van der Waals surface area contributed by atoms with Crippen molar-refractivity contribution >= 4 is 75.9 Å². The molecule has 392 valence electrons. The minimum atomic E-state index is 1.15. The van der Waals surface area contributed by atoms with Crippen molar-refractivity contribution in [2.24, 2.45) is 0 Å². The molecule has 0 saturated carbocycles. The van der Waals surface area contributed by atoms with Crippen molar-refractivity contribution in [3.63, 3.8) is 0 Å². The highest BCUT2D eigenvalue weighted by atomic mass is 32.1. The first-order chi connectivity index (χ1) is 41.5. The van der Waals surface area contributed by atoms with Crippen LogP contribution in [-0.2, 0) is 0 Å². The summed E-state index contributed by atoms with van der Waals surface area (Å²) in [5.41, 5.74) is 27.7. The maximum atomic E-state index is 4.13. The molecule has 0 bridgehead atoms. The van der Waals surface area contributed by atoms with E-state index in [1.807, 2.05) is 23.5 Å². The Morgan fingerprint density at radius 1 is 0.238 bits per heavy atom. The van der Waals surface area contributed by atoms with Crippen molar-refractivity contribution in [3.05, 3.63) is 303 Å². The number of benzene rings is 13. The van der Waals surface area contributed by atoms with Crippen molar-refractivity contribution in [1.82, 2.24) is 0 Å². The van der Waals surface area contributed by atoms with Gasteiger partial charge in [-0.2, -0.15) is 0 Å². The molecule has 15 aromatic rings. The summed E-state index contributed by atoms with van der Waals surface area (Å²) in [5, 5.41) is 6.41. The molecule has 84 heavy (non-hydrogen) atoms. The predicted molar refractivity (Wildman–Crippen MR) is 366 cm³/mol. The van der Waals surface area contributed by atoms with Gasteiger partial charge in [-0.25, -0.2) is 0 Å². The molecule has 0 radical (unpaired) electrons. The van der Waals surface area contributed by atoms with Crippen molar-refractivity contribution in [2.75, 3.05) is 0 Å². The zero-order valence-corrected chi connectivity index (χ0v) is 47.6. The van der Waals surface area contributed by atoms with Crippen LogP contribution >= 0.6 is 22.7 Å². The second-order valence-electron chi connectivity index (χ2n) is 22.0. The summed E-state index contributed by atoms with van der Waals surface area (Å²) in [5.74, 6) is 0. The van der Waals surface area contributed by atoms with Crippen LogP contribution < -0.4 is 0 Å². The number of hydrogen-bond acceptors (Lipinski definition) is 2. The fraction of sp³-hybridized carbons (Fsp3) is 0. The maximum absolute atomic E-state index is 4.13. The minimum absolute atomic E-state index is 1.15. The van der Waals surface area contributed by atoms with Gasteiger partial charge < -0.3 is 0 Å². The highest BCUT2D eigenvalue weighted by Gasteiger charge is 2.30.